The number of hydrogen-bond donors (Lipinski definition) is 4. The van der Waals surface area contributed by atoms with Gasteiger partial charge in [-0.05, 0) is 36.6 Å². The number of nitrogens with one attached hydrogen (secondary N) is 2. The van der Waals surface area contributed by atoms with Crippen LogP contribution in [0.1, 0.15) is 39.1 Å². The van der Waals surface area contributed by atoms with Crippen molar-refractivity contribution in [1.82, 2.24) is 10.6 Å². The van der Waals surface area contributed by atoms with Crippen LogP contribution in [0.3, 0.4) is 0 Å². The molecule has 29 heavy (non-hydrogen) atoms. The highest BCUT2D eigenvalue weighted by atomic mass is 32.1. The number of halogens is 1. The number of thiophene rings is 1. The van der Waals surface area contributed by atoms with Crippen molar-refractivity contribution in [1.29, 1.82) is 0 Å². The molecule has 0 saturated heterocycles. The molecule has 1 saturated carbocycles. The van der Waals surface area contributed by atoms with Crippen molar-refractivity contribution in [2.24, 2.45) is 5.73 Å². The Morgan fingerprint density at radius 1 is 1.17 bits per heavy atom. The molecule has 3 atom stereocenters. The fourth-order valence-corrected chi connectivity index (χ4v) is 4.05. The van der Waals surface area contributed by atoms with Crippen molar-refractivity contribution in [2.75, 3.05) is 0 Å². The molecule has 7 nitrogen and oxygen atoms in total. The molecular weight excluding hydrogens is 397 g/mol. The summed E-state index contributed by atoms with van der Waals surface area (Å²) in [4.78, 5) is 35.9. The molecule has 9 heteroatoms. The van der Waals surface area contributed by atoms with Gasteiger partial charge in [-0.3, -0.25) is 14.4 Å². The number of carbonyl (C=O) groups is 3. The van der Waals surface area contributed by atoms with E-state index in [-0.39, 0.29) is 23.6 Å². The summed E-state index contributed by atoms with van der Waals surface area (Å²) >= 11 is 1.20. The fourth-order valence-electron chi connectivity index (χ4n) is 3.23. The standard InChI is InChI=1S/C20H20FN3O4S/c21-12-3-1-2-11(6-12)4-5-18(26)24-16-7-13(8-17(16)25)23-20(28)15-10-29-9-14(15)19(22)27/h1-6,9-10,13,16-17,25H,7-8H2,(H2,22,27)(H,23,28)(H,24,26)/b5-4+/t13-,16-,17-/m0/s1. The number of rotatable bonds is 6. The molecular formula is C20H20FN3O4S. The van der Waals surface area contributed by atoms with E-state index in [1.807, 2.05) is 0 Å². The second-order valence-electron chi connectivity index (χ2n) is 6.78. The summed E-state index contributed by atoms with van der Waals surface area (Å²) in [6.45, 7) is 0. The summed E-state index contributed by atoms with van der Waals surface area (Å²) in [5.41, 5.74) is 6.14. The van der Waals surface area contributed by atoms with Gasteiger partial charge in [0.2, 0.25) is 11.8 Å². The molecule has 0 unspecified atom stereocenters. The third kappa shape index (κ3) is 5.27. The quantitative estimate of drug-likeness (QED) is 0.531. The van der Waals surface area contributed by atoms with Gasteiger partial charge in [-0.2, -0.15) is 11.3 Å². The first-order valence-corrected chi connectivity index (χ1v) is 9.87. The van der Waals surface area contributed by atoms with Crippen LogP contribution in [0.2, 0.25) is 0 Å². The molecule has 1 aromatic heterocycles. The first kappa shape index (κ1) is 20.7. The number of nitrogens with two attached hydrogens (primary N) is 1. The van der Waals surface area contributed by atoms with Gasteiger partial charge in [0.1, 0.15) is 5.82 Å². The van der Waals surface area contributed by atoms with Crippen LogP contribution in [0.15, 0.2) is 41.1 Å². The number of carbonyl (C=O) groups excluding carboxylic acids is 3. The van der Waals surface area contributed by atoms with E-state index in [2.05, 4.69) is 10.6 Å². The average Bonchev–Trinajstić information content (AvgIpc) is 3.27. The molecule has 1 aromatic carbocycles. The maximum absolute atomic E-state index is 13.2. The summed E-state index contributed by atoms with van der Waals surface area (Å²) in [5.74, 6) is -1.96. The predicted octanol–water partition coefficient (Wildman–Crippen LogP) is 1.44. The lowest BCUT2D eigenvalue weighted by Gasteiger charge is -2.15. The zero-order valence-electron chi connectivity index (χ0n) is 15.3. The van der Waals surface area contributed by atoms with Gasteiger partial charge in [0, 0.05) is 22.9 Å². The summed E-state index contributed by atoms with van der Waals surface area (Å²) < 4.78 is 13.2. The highest BCUT2D eigenvalue weighted by molar-refractivity contribution is 7.08. The molecule has 0 radical (unpaired) electrons. The lowest BCUT2D eigenvalue weighted by molar-refractivity contribution is -0.117. The Morgan fingerprint density at radius 2 is 1.93 bits per heavy atom. The van der Waals surface area contributed by atoms with Crippen LogP contribution in [0.25, 0.3) is 6.08 Å². The van der Waals surface area contributed by atoms with Crippen LogP contribution in [0, 0.1) is 5.82 Å². The highest BCUT2D eigenvalue weighted by Crippen LogP contribution is 2.22. The van der Waals surface area contributed by atoms with Crippen LogP contribution in [0.4, 0.5) is 4.39 Å². The fraction of sp³-hybridized carbons (Fsp3) is 0.250. The number of benzene rings is 1. The molecule has 0 bridgehead atoms. The van der Waals surface area contributed by atoms with E-state index in [0.717, 1.165) is 0 Å². The smallest absolute Gasteiger partial charge is 0.253 e. The second-order valence-corrected chi connectivity index (χ2v) is 7.52. The van der Waals surface area contributed by atoms with E-state index in [1.165, 1.54) is 52.4 Å². The molecule has 152 valence electrons. The first-order valence-electron chi connectivity index (χ1n) is 8.92. The predicted molar refractivity (Wildman–Crippen MR) is 107 cm³/mol. The summed E-state index contributed by atoms with van der Waals surface area (Å²) in [6.07, 6.45) is 2.51. The molecule has 1 heterocycles. The number of primary amides is 1. The average molecular weight is 417 g/mol. The number of amides is 3. The zero-order valence-corrected chi connectivity index (χ0v) is 16.1. The van der Waals surface area contributed by atoms with Crippen LogP contribution in [-0.4, -0.2) is 41.0 Å². The third-order valence-electron chi connectivity index (χ3n) is 4.64. The van der Waals surface area contributed by atoms with E-state index in [9.17, 15) is 23.9 Å². The van der Waals surface area contributed by atoms with Crippen molar-refractivity contribution < 1.29 is 23.9 Å². The molecule has 1 aliphatic rings. The highest BCUT2D eigenvalue weighted by Gasteiger charge is 2.35. The van der Waals surface area contributed by atoms with E-state index >= 15 is 0 Å². The number of hydrogen-bond acceptors (Lipinski definition) is 5. The Bertz CT molecular complexity index is 959. The monoisotopic (exact) mass is 417 g/mol. The van der Waals surface area contributed by atoms with Crippen molar-refractivity contribution in [3.8, 4) is 0 Å². The molecule has 0 spiro atoms. The van der Waals surface area contributed by atoms with Crippen LogP contribution < -0.4 is 16.4 Å². The Labute approximate surface area is 170 Å². The molecule has 3 rings (SSSR count). The minimum absolute atomic E-state index is 0.151. The van der Waals surface area contributed by atoms with Gasteiger partial charge >= 0.3 is 0 Å². The van der Waals surface area contributed by atoms with Crippen LogP contribution in [-0.2, 0) is 4.79 Å². The molecule has 0 aliphatic heterocycles. The Hall–Kier alpha value is -3.04. The first-order chi connectivity index (χ1) is 13.8. The van der Waals surface area contributed by atoms with Crippen LogP contribution in [0.5, 0.6) is 0 Å². The maximum Gasteiger partial charge on any atom is 0.253 e. The van der Waals surface area contributed by atoms with Gasteiger partial charge in [0.05, 0.1) is 23.3 Å². The van der Waals surface area contributed by atoms with Crippen molar-refractivity contribution >= 4 is 35.1 Å². The van der Waals surface area contributed by atoms with Crippen LogP contribution >= 0.6 is 11.3 Å². The van der Waals surface area contributed by atoms with E-state index in [1.54, 1.807) is 6.07 Å². The molecule has 2 aromatic rings. The molecule has 5 N–H and O–H groups in total. The van der Waals surface area contributed by atoms with E-state index in [0.29, 0.717) is 12.0 Å². The minimum atomic E-state index is -0.829. The van der Waals surface area contributed by atoms with E-state index < -0.39 is 35.7 Å². The van der Waals surface area contributed by atoms with Crippen molar-refractivity contribution in [3.05, 3.63) is 63.6 Å². The molecule has 1 aliphatic carbocycles. The summed E-state index contributed by atoms with van der Waals surface area (Å²) in [7, 11) is 0. The third-order valence-corrected chi connectivity index (χ3v) is 5.38. The number of aliphatic hydroxyl groups excluding tert-OH is 1. The minimum Gasteiger partial charge on any atom is -0.391 e. The lowest BCUT2D eigenvalue weighted by Crippen LogP contribution is -2.39. The molecule has 1 fully saturated rings. The molecule has 3 amide bonds. The van der Waals surface area contributed by atoms with Gasteiger partial charge < -0.3 is 21.5 Å². The van der Waals surface area contributed by atoms with Crippen molar-refractivity contribution in [2.45, 2.75) is 31.0 Å². The van der Waals surface area contributed by atoms with Gasteiger partial charge in [-0.25, -0.2) is 4.39 Å². The lowest BCUT2D eigenvalue weighted by atomic mass is 10.1. The van der Waals surface area contributed by atoms with E-state index in [4.69, 9.17) is 5.73 Å². The van der Waals surface area contributed by atoms with Crippen molar-refractivity contribution in [3.63, 3.8) is 0 Å². The Balaban J connectivity index is 1.55. The summed E-state index contributed by atoms with van der Waals surface area (Å²) in [6, 6.07) is 4.90. The topological polar surface area (TPSA) is 122 Å². The largest absolute Gasteiger partial charge is 0.391 e. The summed E-state index contributed by atoms with van der Waals surface area (Å²) in [5, 5.41) is 18.7. The van der Waals surface area contributed by atoms with Gasteiger partial charge in [0.25, 0.3) is 5.91 Å². The van der Waals surface area contributed by atoms with Gasteiger partial charge in [0.15, 0.2) is 0 Å². The number of aliphatic hydroxyl groups is 1. The zero-order chi connectivity index (χ0) is 21.0. The maximum atomic E-state index is 13.2. The Morgan fingerprint density at radius 3 is 2.66 bits per heavy atom. The van der Waals surface area contributed by atoms with Gasteiger partial charge in [-0.1, -0.05) is 12.1 Å². The Kier molecular flexibility index (Phi) is 6.40. The SMILES string of the molecule is NC(=O)c1cscc1C(=O)N[C@H]1C[C@H](NC(=O)/C=C/c2cccc(F)c2)[C@@H](O)C1. The second kappa shape index (κ2) is 8.97. The normalized spacial score (nSPS) is 21.2. The van der Waals surface area contributed by atoms with Gasteiger partial charge in [-0.15, -0.1) is 0 Å².